The lowest BCUT2D eigenvalue weighted by Crippen LogP contribution is -2.16. The fourth-order valence-corrected chi connectivity index (χ4v) is 2.41. The first kappa shape index (κ1) is 16.2. The van der Waals surface area contributed by atoms with Crippen molar-refractivity contribution in [3.05, 3.63) is 52.8 Å². The number of rotatable bonds is 3. The van der Waals surface area contributed by atoms with Crippen LogP contribution >= 0.6 is 11.6 Å². The molecule has 0 heterocycles. The van der Waals surface area contributed by atoms with E-state index in [4.69, 9.17) is 22.5 Å². The Hall–Kier alpha value is -2.16. The lowest BCUT2D eigenvalue weighted by atomic mass is 10.1. The second-order valence-electron chi connectivity index (χ2n) is 4.38. The average molecular weight is 344 g/mol. The molecule has 0 aliphatic rings. The van der Waals surface area contributed by atoms with Crippen molar-refractivity contribution in [2.24, 2.45) is 5.14 Å². The van der Waals surface area contributed by atoms with Crippen molar-refractivity contribution in [2.45, 2.75) is 4.90 Å². The summed E-state index contributed by atoms with van der Waals surface area (Å²) in [5.41, 5.74) is 5.26. The Morgan fingerprint density at radius 3 is 2.55 bits per heavy atom. The van der Waals surface area contributed by atoms with E-state index in [2.05, 4.69) is 5.32 Å². The summed E-state index contributed by atoms with van der Waals surface area (Å²) in [6.45, 7) is 0. The third kappa shape index (κ3) is 3.53. The molecule has 0 radical (unpaired) electrons. The summed E-state index contributed by atoms with van der Waals surface area (Å²) >= 11 is 5.75. The van der Waals surface area contributed by atoms with Crippen molar-refractivity contribution in [1.82, 2.24) is 0 Å². The maximum absolute atomic E-state index is 13.7. The molecule has 0 bridgehead atoms. The van der Waals surface area contributed by atoms with Crippen LogP contribution in [0.25, 0.3) is 0 Å². The third-order valence-electron chi connectivity index (χ3n) is 2.75. The summed E-state index contributed by atoms with van der Waals surface area (Å²) in [5, 5.41) is 7.39. The van der Waals surface area contributed by atoms with Crippen molar-refractivity contribution >= 4 is 38.9 Å². The average Bonchev–Trinajstić information content (AvgIpc) is 2.42. The molecule has 2 rings (SSSR count). The largest absolute Gasteiger partial charge is 0.397 e. The van der Waals surface area contributed by atoms with E-state index in [9.17, 15) is 17.6 Å². The summed E-state index contributed by atoms with van der Waals surface area (Å²) < 4.78 is 36.2. The van der Waals surface area contributed by atoms with Gasteiger partial charge in [-0.3, -0.25) is 4.79 Å². The van der Waals surface area contributed by atoms with Crippen LogP contribution in [0.2, 0.25) is 5.02 Å². The summed E-state index contributed by atoms with van der Waals surface area (Å²) in [5.74, 6) is -1.65. The van der Waals surface area contributed by atoms with Crippen LogP contribution in [-0.2, 0) is 10.0 Å². The van der Waals surface area contributed by atoms with Crippen LogP contribution in [0.15, 0.2) is 41.3 Å². The minimum Gasteiger partial charge on any atom is -0.397 e. The molecule has 0 saturated heterocycles. The molecule has 22 heavy (non-hydrogen) atoms. The Kier molecular flexibility index (Phi) is 4.36. The molecule has 0 atom stereocenters. The number of carbonyl (C=O) groups is 1. The minimum absolute atomic E-state index is 0.00643. The fraction of sp³-hybridized carbons (Fsp3) is 0. The van der Waals surface area contributed by atoms with Crippen LogP contribution in [0.3, 0.4) is 0 Å². The second kappa shape index (κ2) is 5.91. The molecule has 2 aromatic rings. The van der Waals surface area contributed by atoms with E-state index in [-0.39, 0.29) is 26.9 Å². The lowest BCUT2D eigenvalue weighted by Gasteiger charge is -2.08. The van der Waals surface area contributed by atoms with E-state index in [0.717, 1.165) is 18.2 Å². The highest BCUT2D eigenvalue weighted by atomic mass is 35.5. The van der Waals surface area contributed by atoms with Crippen LogP contribution in [0.4, 0.5) is 15.8 Å². The van der Waals surface area contributed by atoms with Gasteiger partial charge in [-0.1, -0.05) is 17.7 Å². The molecule has 116 valence electrons. The monoisotopic (exact) mass is 343 g/mol. The summed E-state index contributed by atoms with van der Waals surface area (Å²) in [6.07, 6.45) is 0. The number of nitrogens with two attached hydrogens (primary N) is 2. The van der Waals surface area contributed by atoms with Crippen molar-refractivity contribution in [1.29, 1.82) is 0 Å². The van der Waals surface area contributed by atoms with Gasteiger partial charge in [0, 0.05) is 5.69 Å². The van der Waals surface area contributed by atoms with Crippen molar-refractivity contribution < 1.29 is 17.6 Å². The Morgan fingerprint density at radius 2 is 1.91 bits per heavy atom. The van der Waals surface area contributed by atoms with Crippen LogP contribution in [0.5, 0.6) is 0 Å². The summed E-state index contributed by atoms with van der Waals surface area (Å²) in [6, 6.07) is 7.27. The lowest BCUT2D eigenvalue weighted by molar-refractivity contribution is 0.102. The van der Waals surface area contributed by atoms with Crippen LogP contribution in [-0.4, -0.2) is 14.3 Å². The minimum atomic E-state index is -3.91. The molecule has 1 amide bonds. The first-order valence-electron chi connectivity index (χ1n) is 5.87. The number of benzene rings is 2. The molecular weight excluding hydrogens is 333 g/mol. The molecule has 6 nitrogen and oxygen atoms in total. The molecule has 2 aromatic carbocycles. The van der Waals surface area contributed by atoms with Gasteiger partial charge in [0.25, 0.3) is 5.91 Å². The zero-order valence-electron chi connectivity index (χ0n) is 11.0. The Labute approximate surface area is 130 Å². The smallest absolute Gasteiger partial charge is 0.258 e. The van der Waals surface area contributed by atoms with Gasteiger partial charge >= 0.3 is 0 Å². The molecule has 0 aliphatic carbocycles. The number of amides is 1. The number of nitrogens with one attached hydrogen (secondary N) is 1. The van der Waals surface area contributed by atoms with E-state index in [0.29, 0.717) is 0 Å². The maximum Gasteiger partial charge on any atom is 0.258 e. The predicted octanol–water partition coefficient (Wildman–Crippen LogP) is 1.96. The Balaban J connectivity index is 2.32. The molecule has 9 heteroatoms. The predicted molar refractivity (Wildman–Crippen MR) is 81.6 cm³/mol. The van der Waals surface area contributed by atoms with Crippen LogP contribution < -0.4 is 16.2 Å². The second-order valence-corrected chi connectivity index (χ2v) is 6.35. The molecule has 0 spiro atoms. The first-order chi connectivity index (χ1) is 10.2. The topological polar surface area (TPSA) is 115 Å². The fourth-order valence-electron chi connectivity index (χ4n) is 1.69. The highest BCUT2D eigenvalue weighted by Crippen LogP contribution is 2.24. The van der Waals surface area contributed by atoms with Crippen LogP contribution in [0.1, 0.15) is 10.4 Å². The molecule has 0 fully saturated rings. The van der Waals surface area contributed by atoms with Gasteiger partial charge in [-0.2, -0.15) is 0 Å². The zero-order chi connectivity index (χ0) is 16.5. The normalized spacial score (nSPS) is 11.2. The van der Waals surface area contributed by atoms with Gasteiger partial charge in [0.1, 0.15) is 5.82 Å². The van der Waals surface area contributed by atoms with Gasteiger partial charge < -0.3 is 11.1 Å². The molecule has 0 aliphatic heterocycles. The quantitative estimate of drug-likeness (QED) is 0.739. The van der Waals surface area contributed by atoms with E-state index in [1.165, 1.54) is 18.2 Å². The highest BCUT2D eigenvalue weighted by molar-refractivity contribution is 7.89. The van der Waals surface area contributed by atoms with Gasteiger partial charge in [0.2, 0.25) is 10.0 Å². The number of primary sulfonamides is 1. The van der Waals surface area contributed by atoms with Crippen molar-refractivity contribution in [2.75, 3.05) is 11.1 Å². The number of hydrogen-bond donors (Lipinski definition) is 3. The maximum atomic E-state index is 13.7. The van der Waals surface area contributed by atoms with E-state index < -0.39 is 21.7 Å². The SMILES string of the molecule is Nc1cc(F)c(C(=O)Nc2cccc(S(N)(=O)=O)c2)cc1Cl. The number of halogens is 2. The van der Waals surface area contributed by atoms with Gasteiger partial charge in [-0.05, 0) is 30.3 Å². The van der Waals surface area contributed by atoms with E-state index >= 15 is 0 Å². The molecule has 5 N–H and O–H groups in total. The summed E-state index contributed by atoms with van der Waals surface area (Å²) in [7, 11) is -3.91. The standard InChI is InChI=1S/C13H11ClFN3O3S/c14-10-5-9(11(15)6-12(10)16)13(19)18-7-2-1-3-8(4-7)22(17,20)21/h1-6H,16H2,(H,18,19)(H2,17,20,21). The number of carbonyl (C=O) groups excluding carboxylic acids is 1. The first-order valence-corrected chi connectivity index (χ1v) is 7.79. The zero-order valence-corrected chi connectivity index (χ0v) is 12.6. The number of hydrogen-bond acceptors (Lipinski definition) is 4. The molecule has 0 unspecified atom stereocenters. The van der Waals surface area contributed by atoms with Crippen molar-refractivity contribution in [3.8, 4) is 0 Å². The van der Waals surface area contributed by atoms with Crippen molar-refractivity contribution in [3.63, 3.8) is 0 Å². The Bertz CT molecular complexity index is 856. The van der Waals surface area contributed by atoms with Gasteiger partial charge in [0.05, 0.1) is 21.2 Å². The number of anilines is 2. The molecule has 0 aromatic heterocycles. The summed E-state index contributed by atoms with van der Waals surface area (Å²) in [4.78, 5) is 11.8. The molecule has 0 saturated carbocycles. The number of nitrogen functional groups attached to an aromatic ring is 1. The molecular formula is C13H11ClFN3O3S. The van der Waals surface area contributed by atoms with Crippen LogP contribution in [0, 0.1) is 5.82 Å². The Morgan fingerprint density at radius 1 is 1.23 bits per heavy atom. The van der Waals surface area contributed by atoms with Gasteiger partial charge in [0.15, 0.2) is 0 Å². The van der Waals surface area contributed by atoms with Gasteiger partial charge in [-0.15, -0.1) is 0 Å². The van der Waals surface area contributed by atoms with E-state index in [1.54, 1.807) is 0 Å². The van der Waals surface area contributed by atoms with Gasteiger partial charge in [-0.25, -0.2) is 17.9 Å². The third-order valence-corrected chi connectivity index (χ3v) is 3.99. The number of sulfonamides is 1. The highest BCUT2D eigenvalue weighted by Gasteiger charge is 2.15. The van der Waals surface area contributed by atoms with E-state index in [1.807, 2.05) is 0 Å².